The Morgan fingerprint density at radius 3 is 2.78 bits per heavy atom. The molecule has 200 valence electrons. The summed E-state index contributed by atoms with van der Waals surface area (Å²) in [7, 11) is -3.38. The van der Waals surface area contributed by atoms with Gasteiger partial charge in [0.05, 0.1) is 24.7 Å². The molecule has 1 saturated heterocycles. The Bertz CT molecular complexity index is 1190. The number of amides is 1. The zero-order valence-electron chi connectivity index (χ0n) is 21.2. The van der Waals surface area contributed by atoms with Crippen LogP contribution in [0.25, 0.3) is 0 Å². The first kappa shape index (κ1) is 27.0. The average Bonchev–Trinajstić information content (AvgIpc) is 3.48. The van der Waals surface area contributed by atoms with Gasteiger partial charge in [-0.25, -0.2) is 13.1 Å². The zero-order chi connectivity index (χ0) is 26.4. The first-order valence-electron chi connectivity index (χ1n) is 12.5. The van der Waals surface area contributed by atoms with E-state index in [4.69, 9.17) is 9.47 Å². The summed E-state index contributed by atoms with van der Waals surface area (Å²) in [4.78, 5) is 33.9. The summed E-state index contributed by atoms with van der Waals surface area (Å²) in [6, 6.07) is 9.01. The molecule has 0 saturated carbocycles. The van der Waals surface area contributed by atoms with Gasteiger partial charge in [-0.05, 0) is 42.7 Å². The monoisotopic (exact) mass is 530 g/mol. The van der Waals surface area contributed by atoms with Crippen LogP contribution in [-0.4, -0.2) is 75.8 Å². The molecule has 3 atom stereocenters. The number of carbonyl (C=O) groups is 2. The number of hydrogen-bond donors (Lipinski definition) is 1. The smallest absolute Gasteiger partial charge is 0.241 e. The lowest BCUT2D eigenvalue weighted by molar-refractivity contribution is -0.120. The molecule has 1 N–H and O–H groups in total. The van der Waals surface area contributed by atoms with Crippen LogP contribution in [0.2, 0.25) is 0 Å². The van der Waals surface area contributed by atoms with Gasteiger partial charge in [0, 0.05) is 43.7 Å². The number of likely N-dealkylation sites (tertiary alicyclic amines) is 1. The number of fused-ring (bicyclic) bond motifs is 1. The lowest BCUT2D eigenvalue weighted by Crippen LogP contribution is -2.45. The largest absolute Gasteiger partial charge is 0.454 e. The molecule has 3 heterocycles. The fourth-order valence-electron chi connectivity index (χ4n) is 5.11. The molecule has 0 bridgehead atoms. The number of sulfonamides is 1. The van der Waals surface area contributed by atoms with E-state index >= 15 is 0 Å². The van der Waals surface area contributed by atoms with Gasteiger partial charge in [-0.3, -0.25) is 14.7 Å². The highest BCUT2D eigenvalue weighted by Crippen LogP contribution is 2.41. The topological polar surface area (TPSA) is 118 Å². The Morgan fingerprint density at radius 2 is 2.08 bits per heavy atom. The highest BCUT2D eigenvalue weighted by molar-refractivity contribution is 7.88. The molecular formula is C26H34N4O6S. The zero-order valence-corrected chi connectivity index (χ0v) is 22.0. The number of pyridine rings is 1. The second-order valence-corrected chi connectivity index (χ2v) is 11.3. The van der Waals surface area contributed by atoms with E-state index in [0.29, 0.717) is 31.0 Å². The second kappa shape index (κ2) is 12.0. The molecule has 2 aliphatic heterocycles. The summed E-state index contributed by atoms with van der Waals surface area (Å²) < 4.78 is 36.8. The van der Waals surface area contributed by atoms with E-state index in [1.54, 1.807) is 23.4 Å². The lowest BCUT2D eigenvalue weighted by Gasteiger charge is -2.29. The van der Waals surface area contributed by atoms with Crippen LogP contribution >= 0.6 is 0 Å². The number of nitrogens with zero attached hydrogens (tertiary/aromatic N) is 3. The van der Waals surface area contributed by atoms with E-state index < -0.39 is 15.9 Å². The number of carbonyl (C=O) groups excluding carboxylic acids is 2. The summed E-state index contributed by atoms with van der Waals surface area (Å²) in [6.45, 7) is 3.55. The summed E-state index contributed by atoms with van der Waals surface area (Å²) in [5, 5.41) is 0. The third-order valence-electron chi connectivity index (χ3n) is 6.93. The van der Waals surface area contributed by atoms with Gasteiger partial charge in [0.1, 0.15) is 6.29 Å². The highest BCUT2D eigenvalue weighted by atomic mass is 32.2. The maximum absolute atomic E-state index is 13.6. The first-order valence-corrected chi connectivity index (χ1v) is 14.4. The van der Waals surface area contributed by atoms with Crippen LogP contribution in [0.1, 0.15) is 37.7 Å². The van der Waals surface area contributed by atoms with Crippen molar-refractivity contribution in [1.82, 2.24) is 14.6 Å². The standard InChI is InChI=1S/C26H34N4O6S/c1-3-4-12-30(20-6-5-10-27-14-20)26(32)16-29-15-21(19-7-8-24-25(13-19)36-18-35-24)22(17-31)23(29)9-11-28-37(2,33)34/h5-8,10,13-14,17,21-23,28H,3-4,9,11-12,15-16,18H2,1-2H3/t21-,22-,23+/m1/s1. The summed E-state index contributed by atoms with van der Waals surface area (Å²) >= 11 is 0. The van der Waals surface area contributed by atoms with Crippen molar-refractivity contribution in [3.05, 3.63) is 48.3 Å². The molecule has 0 unspecified atom stereocenters. The van der Waals surface area contributed by atoms with Crippen molar-refractivity contribution in [2.45, 2.75) is 38.1 Å². The molecular weight excluding hydrogens is 496 g/mol. The van der Waals surface area contributed by atoms with Crippen LogP contribution in [0.4, 0.5) is 5.69 Å². The van der Waals surface area contributed by atoms with Gasteiger partial charge < -0.3 is 19.2 Å². The van der Waals surface area contributed by atoms with Crippen molar-refractivity contribution in [2.75, 3.05) is 44.1 Å². The number of unbranched alkanes of at least 4 members (excludes halogenated alkanes) is 1. The quantitative estimate of drug-likeness (QED) is 0.415. The predicted octanol–water partition coefficient (Wildman–Crippen LogP) is 2.17. The molecule has 11 heteroatoms. The molecule has 2 aliphatic rings. The third-order valence-corrected chi connectivity index (χ3v) is 7.66. The third kappa shape index (κ3) is 6.65. The Hall–Kier alpha value is -3.02. The lowest BCUT2D eigenvalue weighted by atomic mass is 9.85. The number of aromatic nitrogens is 1. The van der Waals surface area contributed by atoms with Crippen molar-refractivity contribution in [3.63, 3.8) is 0 Å². The molecule has 0 spiro atoms. The van der Waals surface area contributed by atoms with Gasteiger partial charge in [-0.15, -0.1) is 0 Å². The maximum atomic E-state index is 13.6. The summed E-state index contributed by atoms with van der Waals surface area (Å²) in [5.41, 5.74) is 1.65. The molecule has 1 aromatic carbocycles. The van der Waals surface area contributed by atoms with Crippen molar-refractivity contribution in [3.8, 4) is 11.5 Å². The maximum Gasteiger partial charge on any atom is 0.241 e. The van der Waals surface area contributed by atoms with Gasteiger partial charge in [-0.1, -0.05) is 19.4 Å². The van der Waals surface area contributed by atoms with Crippen molar-refractivity contribution >= 4 is 27.9 Å². The number of ether oxygens (including phenoxy) is 2. The van der Waals surface area contributed by atoms with Crippen LogP contribution in [0.5, 0.6) is 11.5 Å². The van der Waals surface area contributed by atoms with Crippen molar-refractivity contribution in [2.24, 2.45) is 5.92 Å². The average molecular weight is 531 g/mol. The minimum absolute atomic E-state index is 0.0847. The van der Waals surface area contributed by atoms with E-state index in [-0.39, 0.29) is 37.7 Å². The Morgan fingerprint density at radius 1 is 1.27 bits per heavy atom. The van der Waals surface area contributed by atoms with E-state index in [9.17, 15) is 18.0 Å². The van der Waals surface area contributed by atoms with Crippen LogP contribution in [-0.2, 0) is 19.6 Å². The molecule has 4 rings (SSSR count). The minimum atomic E-state index is -3.38. The number of rotatable bonds is 12. The van der Waals surface area contributed by atoms with E-state index in [2.05, 4.69) is 16.6 Å². The molecule has 0 aliphatic carbocycles. The van der Waals surface area contributed by atoms with Crippen LogP contribution in [0.3, 0.4) is 0 Å². The van der Waals surface area contributed by atoms with E-state index in [1.807, 2.05) is 29.2 Å². The molecule has 1 amide bonds. The molecule has 0 radical (unpaired) electrons. The molecule has 10 nitrogen and oxygen atoms in total. The predicted molar refractivity (Wildman–Crippen MR) is 139 cm³/mol. The molecule has 1 aromatic heterocycles. The van der Waals surface area contributed by atoms with Gasteiger partial charge in [0.2, 0.25) is 22.7 Å². The number of nitrogens with one attached hydrogen (secondary N) is 1. The number of hydrogen-bond acceptors (Lipinski definition) is 8. The SMILES string of the molecule is CCCCN(C(=O)CN1C[C@H](c2ccc3c(c2)OCO3)[C@@H](C=O)[C@@H]1CCNS(C)(=O)=O)c1cccnc1. The second-order valence-electron chi connectivity index (χ2n) is 9.49. The van der Waals surface area contributed by atoms with Gasteiger partial charge in [0.25, 0.3) is 0 Å². The number of anilines is 1. The Labute approximate surface area is 218 Å². The Balaban J connectivity index is 1.58. The Kier molecular flexibility index (Phi) is 8.78. The minimum Gasteiger partial charge on any atom is -0.454 e. The van der Waals surface area contributed by atoms with Crippen LogP contribution in [0, 0.1) is 5.92 Å². The van der Waals surface area contributed by atoms with E-state index in [0.717, 1.165) is 36.6 Å². The van der Waals surface area contributed by atoms with E-state index in [1.165, 1.54) is 0 Å². The van der Waals surface area contributed by atoms with Gasteiger partial charge in [-0.2, -0.15) is 0 Å². The highest BCUT2D eigenvalue weighted by Gasteiger charge is 2.43. The van der Waals surface area contributed by atoms with Crippen molar-refractivity contribution < 1.29 is 27.5 Å². The van der Waals surface area contributed by atoms with Crippen molar-refractivity contribution in [1.29, 1.82) is 0 Å². The summed E-state index contributed by atoms with van der Waals surface area (Å²) in [6.07, 6.45) is 7.56. The number of aldehydes is 1. The molecule has 37 heavy (non-hydrogen) atoms. The van der Waals surface area contributed by atoms with Crippen LogP contribution < -0.4 is 19.1 Å². The summed E-state index contributed by atoms with van der Waals surface area (Å²) in [5.74, 6) is 0.615. The van der Waals surface area contributed by atoms with Gasteiger partial charge >= 0.3 is 0 Å². The van der Waals surface area contributed by atoms with Gasteiger partial charge in [0.15, 0.2) is 11.5 Å². The molecule has 1 fully saturated rings. The fourth-order valence-corrected chi connectivity index (χ4v) is 5.60. The van der Waals surface area contributed by atoms with Crippen LogP contribution in [0.15, 0.2) is 42.7 Å². The first-order chi connectivity index (χ1) is 17.8. The fraction of sp³-hybridized carbons (Fsp3) is 0.500. The number of benzene rings is 1. The molecule has 2 aromatic rings. The normalized spacial score (nSPS) is 21.2.